The average molecular weight is 224 g/mol. The Morgan fingerprint density at radius 2 is 1.24 bits per heavy atom. The molecule has 88 valence electrons. The van der Waals surface area contributed by atoms with Crippen molar-refractivity contribution in [2.75, 3.05) is 0 Å². The minimum absolute atomic E-state index is 1.33. The molecule has 0 heterocycles. The average Bonchev–Trinajstić information content (AvgIpc) is 2.24. The second-order valence-electron chi connectivity index (χ2n) is 5.07. The second kappa shape index (κ2) is 4.37. The molecule has 0 radical (unpaired) electrons. The minimum Gasteiger partial charge on any atom is -0.0587 e. The highest BCUT2D eigenvalue weighted by Gasteiger charge is 2.07. The molecule has 0 unspecified atom stereocenters. The Labute approximate surface area is 104 Å². The van der Waals surface area contributed by atoms with E-state index in [0.717, 1.165) is 0 Å². The third-order valence-electron chi connectivity index (χ3n) is 3.48. The van der Waals surface area contributed by atoms with Gasteiger partial charge < -0.3 is 0 Å². The van der Waals surface area contributed by atoms with Crippen molar-refractivity contribution >= 4 is 0 Å². The van der Waals surface area contributed by atoms with Gasteiger partial charge in [-0.05, 0) is 62.4 Å². The minimum atomic E-state index is 1.33. The lowest BCUT2D eigenvalue weighted by molar-refractivity contribution is 1.29. The molecule has 0 spiro atoms. The van der Waals surface area contributed by atoms with Crippen molar-refractivity contribution in [1.29, 1.82) is 0 Å². The summed E-state index contributed by atoms with van der Waals surface area (Å²) in [5.74, 6) is 0. The molecule has 0 saturated carbocycles. The van der Waals surface area contributed by atoms with Crippen LogP contribution in [0.3, 0.4) is 0 Å². The van der Waals surface area contributed by atoms with Gasteiger partial charge in [-0.2, -0.15) is 0 Å². The first kappa shape index (κ1) is 11.9. The van der Waals surface area contributed by atoms with Gasteiger partial charge in [0.15, 0.2) is 0 Å². The number of hydrogen-bond donors (Lipinski definition) is 0. The number of rotatable bonds is 1. The van der Waals surface area contributed by atoms with Crippen LogP contribution in [0.25, 0.3) is 11.1 Å². The summed E-state index contributed by atoms with van der Waals surface area (Å²) >= 11 is 0. The molecule has 2 aromatic rings. The standard InChI is InChI=1S/C17H20/c1-11-6-7-16(14(4)8-11)17-10-12(2)9-13(3)15(17)5/h6-10H,1-5H3. The SMILES string of the molecule is Cc1ccc(-c2cc(C)cc(C)c2C)c(C)c1. The zero-order valence-electron chi connectivity index (χ0n) is 11.4. The fourth-order valence-corrected chi connectivity index (χ4v) is 2.44. The van der Waals surface area contributed by atoms with Crippen LogP contribution in [0.15, 0.2) is 30.3 Å². The van der Waals surface area contributed by atoms with Gasteiger partial charge in [-0.1, -0.05) is 41.5 Å². The van der Waals surface area contributed by atoms with Crippen molar-refractivity contribution in [2.45, 2.75) is 34.6 Å². The van der Waals surface area contributed by atoms with Crippen LogP contribution in [-0.2, 0) is 0 Å². The summed E-state index contributed by atoms with van der Waals surface area (Å²) in [6, 6.07) is 11.2. The van der Waals surface area contributed by atoms with Crippen LogP contribution < -0.4 is 0 Å². The zero-order chi connectivity index (χ0) is 12.6. The zero-order valence-corrected chi connectivity index (χ0v) is 11.4. The molecule has 0 aliphatic carbocycles. The summed E-state index contributed by atoms with van der Waals surface area (Å²) < 4.78 is 0. The molecule has 0 nitrogen and oxygen atoms in total. The first-order valence-electron chi connectivity index (χ1n) is 6.14. The molecular weight excluding hydrogens is 204 g/mol. The molecule has 0 amide bonds. The first-order chi connectivity index (χ1) is 7.99. The van der Waals surface area contributed by atoms with Crippen LogP contribution >= 0.6 is 0 Å². The summed E-state index contributed by atoms with van der Waals surface area (Å²) in [7, 11) is 0. The molecule has 0 saturated heterocycles. The first-order valence-corrected chi connectivity index (χ1v) is 6.14. The van der Waals surface area contributed by atoms with E-state index < -0.39 is 0 Å². The maximum absolute atomic E-state index is 2.29. The molecule has 0 aliphatic heterocycles. The highest BCUT2D eigenvalue weighted by Crippen LogP contribution is 2.30. The lowest BCUT2D eigenvalue weighted by Crippen LogP contribution is -1.92. The molecule has 0 heteroatoms. The summed E-state index contributed by atoms with van der Waals surface area (Å²) in [5.41, 5.74) is 9.52. The van der Waals surface area contributed by atoms with Crippen LogP contribution in [0.5, 0.6) is 0 Å². The summed E-state index contributed by atoms with van der Waals surface area (Å²) in [6.07, 6.45) is 0. The van der Waals surface area contributed by atoms with Crippen molar-refractivity contribution in [3.63, 3.8) is 0 Å². The number of hydrogen-bond acceptors (Lipinski definition) is 0. The topological polar surface area (TPSA) is 0 Å². The molecule has 0 bridgehead atoms. The van der Waals surface area contributed by atoms with Gasteiger partial charge in [0.25, 0.3) is 0 Å². The Hall–Kier alpha value is -1.56. The predicted molar refractivity (Wildman–Crippen MR) is 75.6 cm³/mol. The van der Waals surface area contributed by atoms with E-state index in [1.807, 2.05) is 0 Å². The van der Waals surface area contributed by atoms with E-state index in [1.54, 1.807) is 0 Å². The maximum atomic E-state index is 2.29. The van der Waals surface area contributed by atoms with E-state index in [0.29, 0.717) is 0 Å². The largest absolute Gasteiger partial charge is 0.0587 e. The Morgan fingerprint density at radius 1 is 0.588 bits per heavy atom. The van der Waals surface area contributed by atoms with Gasteiger partial charge in [-0.3, -0.25) is 0 Å². The van der Waals surface area contributed by atoms with Gasteiger partial charge in [0, 0.05) is 0 Å². The van der Waals surface area contributed by atoms with Gasteiger partial charge in [0.05, 0.1) is 0 Å². The highest BCUT2D eigenvalue weighted by atomic mass is 14.1. The smallest absolute Gasteiger partial charge is 0.0147 e. The Kier molecular flexibility index (Phi) is 3.06. The fraction of sp³-hybridized carbons (Fsp3) is 0.294. The van der Waals surface area contributed by atoms with Crippen LogP contribution in [0.2, 0.25) is 0 Å². The van der Waals surface area contributed by atoms with Gasteiger partial charge in [-0.25, -0.2) is 0 Å². The van der Waals surface area contributed by atoms with E-state index in [1.165, 1.54) is 38.9 Å². The summed E-state index contributed by atoms with van der Waals surface area (Å²) in [6.45, 7) is 10.9. The molecule has 17 heavy (non-hydrogen) atoms. The fourth-order valence-electron chi connectivity index (χ4n) is 2.44. The van der Waals surface area contributed by atoms with Crippen molar-refractivity contribution in [2.24, 2.45) is 0 Å². The van der Waals surface area contributed by atoms with Crippen LogP contribution in [-0.4, -0.2) is 0 Å². The third kappa shape index (κ3) is 2.26. The van der Waals surface area contributed by atoms with Crippen LogP contribution in [0, 0.1) is 34.6 Å². The van der Waals surface area contributed by atoms with Crippen molar-refractivity contribution in [3.05, 3.63) is 58.1 Å². The molecule has 0 fully saturated rings. The van der Waals surface area contributed by atoms with E-state index >= 15 is 0 Å². The summed E-state index contributed by atoms with van der Waals surface area (Å²) in [5, 5.41) is 0. The maximum Gasteiger partial charge on any atom is -0.0147 e. The van der Waals surface area contributed by atoms with Gasteiger partial charge in [0.2, 0.25) is 0 Å². The van der Waals surface area contributed by atoms with E-state index in [-0.39, 0.29) is 0 Å². The normalized spacial score (nSPS) is 10.6. The molecule has 0 aliphatic rings. The molecule has 0 atom stereocenters. The van der Waals surface area contributed by atoms with Gasteiger partial charge in [0.1, 0.15) is 0 Å². The molecule has 0 aromatic heterocycles. The van der Waals surface area contributed by atoms with Crippen LogP contribution in [0.4, 0.5) is 0 Å². The molecular formula is C17H20. The lowest BCUT2D eigenvalue weighted by Gasteiger charge is -2.13. The Morgan fingerprint density at radius 3 is 1.88 bits per heavy atom. The summed E-state index contributed by atoms with van der Waals surface area (Å²) in [4.78, 5) is 0. The molecule has 0 N–H and O–H groups in total. The van der Waals surface area contributed by atoms with Crippen molar-refractivity contribution < 1.29 is 0 Å². The van der Waals surface area contributed by atoms with Crippen LogP contribution in [0.1, 0.15) is 27.8 Å². The molecule has 2 rings (SSSR count). The monoisotopic (exact) mass is 224 g/mol. The predicted octanol–water partition coefficient (Wildman–Crippen LogP) is 4.90. The number of aryl methyl sites for hydroxylation is 4. The van der Waals surface area contributed by atoms with E-state index in [2.05, 4.69) is 65.0 Å². The Balaban J connectivity index is 2.68. The second-order valence-corrected chi connectivity index (χ2v) is 5.07. The molecule has 2 aromatic carbocycles. The van der Waals surface area contributed by atoms with Gasteiger partial charge >= 0.3 is 0 Å². The van der Waals surface area contributed by atoms with Gasteiger partial charge in [-0.15, -0.1) is 0 Å². The Bertz CT molecular complexity index is 562. The van der Waals surface area contributed by atoms with Crippen molar-refractivity contribution in [1.82, 2.24) is 0 Å². The highest BCUT2D eigenvalue weighted by molar-refractivity contribution is 5.72. The lowest BCUT2D eigenvalue weighted by atomic mass is 9.91. The number of benzene rings is 2. The van der Waals surface area contributed by atoms with E-state index in [4.69, 9.17) is 0 Å². The quantitative estimate of drug-likeness (QED) is 0.646. The van der Waals surface area contributed by atoms with E-state index in [9.17, 15) is 0 Å². The third-order valence-corrected chi connectivity index (χ3v) is 3.48. The van der Waals surface area contributed by atoms with Crippen molar-refractivity contribution in [3.8, 4) is 11.1 Å².